The highest BCUT2D eigenvalue weighted by Gasteiger charge is 2.45. The molecule has 0 radical (unpaired) electrons. The van der Waals surface area contributed by atoms with Gasteiger partial charge in [-0.3, -0.25) is 4.98 Å². The van der Waals surface area contributed by atoms with Crippen molar-refractivity contribution in [2.24, 2.45) is 17.8 Å². The van der Waals surface area contributed by atoms with E-state index in [1.165, 1.54) is 34.6 Å². The lowest BCUT2D eigenvalue weighted by molar-refractivity contribution is -0.286. The van der Waals surface area contributed by atoms with E-state index in [0.717, 1.165) is 12.8 Å². The van der Waals surface area contributed by atoms with E-state index in [1.807, 2.05) is 12.4 Å². The lowest BCUT2D eigenvalue weighted by atomic mass is 9.78. The molecule has 8 nitrogen and oxygen atoms in total. The molecule has 4 aromatic rings. The number of nitrogen functional groups attached to an aromatic ring is 1. The summed E-state index contributed by atoms with van der Waals surface area (Å²) in [4.78, 5) is 13.3. The molecule has 2 N–H and O–H groups in total. The lowest BCUT2D eigenvalue weighted by Crippen LogP contribution is -2.26. The number of alkyl halides is 2. The molecule has 3 atom stereocenters. The van der Waals surface area contributed by atoms with Gasteiger partial charge in [-0.2, -0.15) is 4.52 Å². The number of fused-ring (bicyclic) bond motifs is 6. The Labute approximate surface area is 200 Å². The Hall–Kier alpha value is -3.56. The molecule has 1 aliphatic carbocycles. The number of aryl methyl sites for hydroxylation is 1. The largest absolute Gasteiger partial charge is 0.586 e. The van der Waals surface area contributed by atoms with E-state index in [2.05, 4.69) is 44.5 Å². The molecule has 35 heavy (non-hydrogen) atoms. The minimum Gasteiger partial charge on any atom is -0.395 e. The zero-order chi connectivity index (χ0) is 24.3. The number of pyridine rings is 1. The molecule has 3 unspecified atom stereocenters. The maximum absolute atomic E-state index is 13.6. The van der Waals surface area contributed by atoms with Gasteiger partial charge in [0.25, 0.3) is 0 Å². The molecule has 0 amide bonds. The van der Waals surface area contributed by atoms with Crippen molar-refractivity contribution in [1.29, 1.82) is 0 Å². The molecule has 0 saturated heterocycles. The van der Waals surface area contributed by atoms with Gasteiger partial charge in [0.15, 0.2) is 23.0 Å². The van der Waals surface area contributed by atoms with E-state index >= 15 is 0 Å². The van der Waals surface area contributed by atoms with Crippen molar-refractivity contribution in [3.63, 3.8) is 0 Å². The maximum atomic E-state index is 13.6. The first kappa shape index (κ1) is 21.9. The predicted molar refractivity (Wildman–Crippen MR) is 125 cm³/mol. The summed E-state index contributed by atoms with van der Waals surface area (Å²) < 4.78 is 37.9. The Morgan fingerprint density at radius 1 is 1.17 bits per heavy atom. The molecule has 0 spiro atoms. The van der Waals surface area contributed by atoms with Crippen molar-refractivity contribution in [3.05, 3.63) is 47.5 Å². The predicted octanol–water partition coefficient (Wildman–Crippen LogP) is 4.59. The number of nitrogens with zero attached hydrogens (tertiary/aromatic N) is 5. The molecular formula is C25H26F2N6O2. The van der Waals surface area contributed by atoms with Crippen LogP contribution in [0, 0.1) is 17.8 Å². The van der Waals surface area contributed by atoms with Crippen LogP contribution in [-0.4, -0.2) is 30.9 Å². The van der Waals surface area contributed by atoms with Crippen LogP contribution in [0.15, 0.2) is 30.6 Å². The second-order valence-electron chi connectivity index (χ2n) is 9.73. The second kappa shape index (κ2) is 8.00. The number of aromatic nitrogens is 5. The first-order valence-corrected chi connectivity index (χ1v) is 11.9. The third-order valence-electron chi connectivity index (χ3n) is 7.53. The lowest BCUT2D eigenvalue weighted by Gasteiger charge is -2.27. The normalized spacial score (nSPS) is 20.5. The van der Waals surface area contributed by atoms with Gasteiger partial charge >= 0.3 is 6.29 Å². The van der Waals surface area contributed by atoms with Crippen molar-refractivity contribution in [2.45, 2.75) is 52.2 Å². The van der Waals surface area contributed by atoms with Crippen molar-refractivity contribution in [1.82, 2.24) is 24.6 Å². The van der Waals surface area contributed by atoms with Crippen LogP contribution >= 0.6 is 0 Å². The van der Waals surface area contributed by atoms with Crippen LogP contribution in [0.5, 0.6) is 11.5 Å². The van der Waals surface area contributed by atoms with Crippen LogP contribution in [0.1, 0.15) is 43.6 Å². The monoisotopic (exact) mass is 480 g/mol. The summed E-state index contributed by atoms with van der Waals surface area (Å²) in [7, 11) is 0. The molecule has 10 heteroatoms. The molecule has 2 aliphatic rings. The Kier molecular flexibility index (Phi) is 5.01. The maximum Gasteiger partial charge on any atom is 0.586 e. The molecule has 0 saturated carbocycles. The van der Waals surface area contributed by atoms with Crippen LogP contribution in [0.2, 0.25) is 0 Å². The second-order valence-corrected chi connectivity index (χ2v) is 9.73. The molecule has 1 aromatic carbocycles. The fourth-order valence-corrected chi connectivity index (χ4v) is 5.44. The minimum absolute atomic E-state index is 0.0482. The highest BCUT2D eigenvalue weighted by molar-refractivity contribution is 5.97. The van der Waals surface area contributed by atoms with Crippen LogP contribution in [0.25, 0.3) is 16.6 Å². The van der Waals surface area contributed by atoms with Crippen LogP contribution in [0.3, 0.4) is 0 Å². The summed E-state index contributed by atoms with van der Waals surface area (Å²) in [6.07, 6.45) is 5.31. The van der Waals surface area contributed by atoms with Crippen molar-refractivity contribution >= 4 is 22.5 Å². The average molecular weight is 481 g/mol. The SMILES string of the molecule is CC(Cc1nc2c3ccc4c(c3nc(N)n2n1)OC(F)(F)O4)C(C)C1CCCc2ccncc2C1. The molecule has 6 rings (SSSR count). The van der Waals surface area contributed by atoms with Crippen LogP contribution in [-0.2, 0) is 19.3 Å². The number of nitrogens with two attached hydrogens (primary N) is 1. The van der Waals surface area contributed by atoms with Crippen LogP contribution < -0.4 is 15.2 Å². The topological polar surface area (TPSA) is 100 Å². The van der Waals surface area contributed by atoms with Gasteiger partial charge in [0.05, 0.1) is 0 Å². The van der Waals surface area contributed by atoms with E-state index in [4.69, 9.17) is 10.7 Å². The van der Waals surface area contributed by atoms with Crippen molar-refractivity contribution < 1.29 is 18.3 Å². The van der Waals surface area contributed by atoms with Crippen molar-refractivity contribution in [3.8, 4) is 11.5 Å². The Morgan fingerprint density at radius 3 is 2.89 bits per heavy atom. The zero-order valence-corrected chi connectivity index (χ0v) is 19.5. The molecule has 4 heterocycles. The number of halogens is 2. The Balaban J connectivity index is 1.28. The molecule has 3 aromatic heterocycles. The van der Waals surface area contributed by atoms with Gasteiger partial charge in [0, 0.05) is 24.2 Å². The summed E-state index contributed by atoms with van der Waals surface area (Å²) in [5.41, 5.74) is 9.53. The number of hydrogen-bond donors (Lipinski definition) is 1. The molecule has 0 fully saturated rings. The molecule has 182 valence electrons. The van der Waals surface area contributed by atoms with E-state index in [0.29, 0.717) is 41.0 Å². The van der Waals surface area contributed by atoms with E-state index in [9.17, 15) is 8.78 Å². The van der Waals surface area contributed by atoms with Gasteiger partial charge in [0.1, 0.15) is 5.52 Å². The fourth-order valence-electron chi connectivity index (χ4n) is 5.44. The highest BCUT2D eigenvalue weighted by atomic mass is 19.3. The number of anilines is 1. The van der Waals surface area contributed by atoms with E-state index < -0.39 is 6.29 Å². The Morgan fingerprint density at radius 2 is 2.03 bits per heavy atom. The standard InChI is InChI=1S/C25H26F2N6O2/c1-13(14(2)16-5-3-4-15-8-9-29-12-17(15)11-16)10-20-30-23-18-6-7-19-22(35-25(26,27)34-19)21(18)31-24(28)33(23)32-20/h6-9,12-14,16H,3-5,10-11H2,1-2H3,(H2,28,31). The van der Waals surface area contributed by atoms with Gasteiger partial charge in [-0.05, 0) is 72.8 Å². The first-order chi connectivity index (χ1) is 16.8. The summed E-state index contributed by atoms with van der Waals surface area (Å²) in [6, 6.07) is 5.19. The quantitative estimate of drug-likeness (QED) is 0.427. The number of rotatable bonds is 4. The van der Waals surface area contributed by atoms with Gasteiger partial charge in [0.2, 0.25) is 5.95 Å². The summed E-state index contributed by atoms with van der Waals surface area (Å²) in [6.45, 7) is 4.53. The third-order valence-corrected chi connectivity index (χ3v) is 7.53. The summed E-state index contributed by atoms with van der Waals surface area (Å²) in [5.74, 6) is 1.81. The summed E-state index contributed by atoms with van der Waals surface area (Å²) in [5, 5.41) is 5.11. The third kappa shape index (κ3) is 3.81. The molecular weight excluding hydrogens is 454 g/mol. The summed E-state index contributed by atoms with van der Waals surface area (Å²) >= 11 is 0. The number of ether oxygens (including phenoxy) is 2. The van der Waals surface area contributed by atoms with Gasteiger partial charge in [-0.25, -0.2) is 9.97 Å². The van der Waals surface area contributed by atoms with Gasteiger partial charge in [-0.15, -0.1) is 13.9 Å². The number of benzene rings is 1. The van der Waals surface area contributed by atoms with Gasteiger partial charge in [-0.1, -0.05) is 13.8 Å². The minimum atomic E-state index is -3.74. The first-order valence-electron chi connectivity index (χ1n) is 11.9. The highest BCUT2D eigenvalue weighted by Crippen LogP contribution is 2.45. The molecule has 0 bridgehead atoms. The Bertz CT molecular complexity index is 1440. The number of hydrogen-bond acceptors (Lipinski definition) is 7. The average Bonchev–Trinajstić information content (AvgIpc) is 3.30. The van der Waals surface area contributed by atoms with E-state index in [-0.39, 0.29) is 23.0 Å². The zero-order valence-electron chi connectivity index (χ0n) is 19.5. The van der Waals surface area contributed by atoms with Crippen molar-refractivity contribution in [2.75, 3.05) is 5.73 Å². The van der Waals surface area contributed by atoms with Gasteiger partial charge < -0.3 is 15.2 Å². The van der Waals surface area contributed by atoms with E-state index in [1.54, 1.807) is 6.07 Å². The smallest absolute Gasteiger partial charge is 0.395 e. The van der Waals surface area contributed by atoms with Crippen LogP contribution in [0.4, 0.5) is 14.7 Å². The fraction of sp³-hybridized carbons (Fsp3) is 0.440. The molecule has 1 aliphatic heterocycles.